The number of benzene rings is 2. The van der Waals surface area contributed by atoms with E-state index in [1.54, 1.807) is 35.2 Å². The van der Waals surface area contributed by atoms with Gasteiger partial charge in [-0.15, -0.1) is 0 Å². The van der Waals surface area contributed by atoms with E-state index < -0.39 is 0 Å². The van der Waals surface area contributed by atoms with Gasteiger partial charge in [-0.25, -0.2) is 0 Å². The van der Waals surface area contributed by atoms with E-state index in [4.69, 9.17) is 16.3 Å². The average molecular weight is 385 g/mol. The van der Waals surface area contributed by atoms with Gasteiger partial charge >= 0.3 is 0 Å². The molecule has 0 saturated carbocycles. The Morgan fingerprint density at radius 2 is 1.89 bits per heavy atom. The molecule has 27 heavy (non-hydrogen) atoms. The molecular weight excluding hydrogens is 364 g/mol. The molecule has 1 heterocycles. The summed E-state index contributed by atoms with van der Waals surface area (Å²) in [6.45, 7) is 1.55. The Hall–Kier alpha value is -2.79. The molecule has 1 saturated heterocycles. The highest BCUT2D eigenvalue weighted by Gasteiger charge is 2.21. The second-order valence-corrected chi connectivity index (χ2v) is 6.60. The Kier molecular flexibility index (Phi) is 6.49. The summed E-state index contributed by atoms with van der Waals surface area (Å²) in [6.07, 6.45) is 4.75. The van der Waals surface area contributed by atoms with Gasteiger partial charge in [0.05, 0.1) is 6.54 Å². The van der Waals surface area contributed by atoms with Crippen molar-refractivity contribution in [3.8, 4) is 5.75 Å². The van der Waals surface area contributed by atoms with Gasteiger partial charge < -0.3 is 15.0 Å². The number of halogens is 1. The van der Waals surface area contributed by atoms with Gasteiger partial charge in [0.1, 0.15) is 12.4 Å². The van der Waals surface area contributed by atoms with Crippen LogP contribution in [-0.2, 0) is 9.59 Å². The molecule has 1 N–H and O–H groups in total. The predicted octanol–water partition coefficient (Wildman–Crippen LogP) is 3.68. The van der Waals surface area contributed by atoms with Crippen LogP contribution in [0.25, 0.3) is 6.08 Å². The van der Waals surface area contributed by atoms with Crippen molar-refractivity contribution < 1.29 is 14.3 Å². The van der Waals surface area contributed by atoms with E-state index in [0.717, 1.165) is 24.2 Å². The first-order chi connectivity index (χ1) is 13.1. The van der Waals surface area contributed by atoms with Crippen LogP contribution in [-0.4, -0.2) is 31.5 Å². The molecule has 6 heteroatoms. The molecule has 2 aromatic rings. The summed E-state index contributed by atoms with van der Waals surface area (Å²) in [5.74, 6) is 0.688. The first-order valence-corrected chi connectivity index (χ1v) is 9.24. The van der Waals surface area contributed by atoms with Gasteiger partial charge in [-0.3, -0.25) is 9.59 Å². The molecule has 0 aromatic heterocycles. The molecule has 1 fully saturated rings. The van der Waals surface area contributed by atoms with Gasteiger partial charge in [0, 0.05) is 29.8 Å². The fraction of sp³-hybridized carbons (Fsp3) is 0.238. The third-order valence-corrected chi connectivity index (χ3v) is 4.44. The molecule has 0 spiro atoms. The predicted molar refractivity (Wildman–Crippen MR) is 107 cm³/mol. The van der Waals surface area contributed by atoms with Crippen LogP contribution >= 0.6 is 11.6 Å². The van der Waals surface area contributed by atoms with Crippen LogP contribution in [0.3, 0.4) is 0 Å². The minimum absolute atomic E-state index is 0.165. The van der Waals surface area contributed by atoms with Gasteiger partial charge in [0.25, 0.3) is 0 Å². The fourth-order valence-electron chi connectivity index (χ4n) is 2.79. The monoisotopic (exact) mass is 384 g/mol. The number of nitrogens with zero attached hydrogens (tertiary/aromatic N) is 1. The highest BCUT2D eigenvalue weighted by atomic mass is 35.5. The molecule has 0 unspecified atom stereocenters. The maximum Gasteiger partial charge on any atom is 0.244 e. The van der Waals surface area contributed by atoms with Gasteiger partial charge in [0.15, 0.2) is 0 Å². The lowest BCUT2D eigenvalue weighted by atomic mass is 10.2. The number of carbonyl (C=O) groups is 2. The number of rotatable bonds is 7. The quantitative estimate of drug-likeness (QED) is 0.585. The van der Waals surface area contributed by atoms with Crippen LogP contribution < -0.4 is 15.0 Å². The molecule has 140 valence electrons. The summed E-state index contributed by atoms with van der Waals surface area (Å²) in [7, 11) is 0. The van der Waals surface area contributed by atoms with E-state index in [-0.39, 0.29) is 11.8 Å². The summed E-state index contributed by atoms with van der Waals surface area (Å²) in [6, 6.07) is 14.7. The summed E-state index contributed by atoms with van der Waals surface area (Å²) in [4.78, 5) is 25.4. The molecular formula is C21H21ClN2O3. The SMILES string of the molecule is O=C(/C=C/c1ccc(N2CCCC2=O)cc1)NCCOc1ccc(Cl)cc1. The van der Waals surface area contributed by atoms with E-state index >= 15 is 0 Å². The standard InChI is InChI=1S/C21H21ClN2O3/c22-17-6-10-19(11-7-17)27-15-13-23-20(25)12-5-16-3-8-18(9-4-16)24-14-1-2-21(24)26/h3-12H,1-2,13-15H2,(H,23,25)/b12-5+. The number of carbonyl (C=O) groups excluding carboxylic acids is 2. The smallest absolute Gasteiger partial charge is 0.244 e. The molecule has 0 aliphatic carbocycles. The minimum Gasteiger partial charge on any atom is -0.492 e. The number of hydrogen-bond acceptors (Lipinski definition) is 3. The molecule has 3 rings (SSSR count). The second-order valence-electron chi connectivity index (χ2n) is 6.17. The molecule has 2 aromatic carbocycles. The highest BCUT2D eigenvalue weighted by Crippen LogP contribution is 2.21. The van der Waals surface area contributed by atoms with Crippen molar-refractivity contribution >= 4 is 35.2 Å². The third-order valence-electron chi connectivity index (χ3n) is 4.19. The van der Waals surface area contributed by atoms with Crippen LogP contribution in [0.5, 0.6) is 5.75 Å². The Balaban J connectivity index is 1.41. The highest BCUT2D eigenvalue weighted by molar-refractivity contribution is 6.30. The summed E-state index contributed by atoms with van der Waals surface area (Å²) < 4.78 is 5.52. The first kappa shape index (κ1) is 19.0. The van der Waals surface area contributed by atoms with E-state index in [0.29, 0.717) is 30.3 Å². The maximum atomic E-state index is 11.9. The number of amides is 2. The fourth-order valence-corrected chi connectivity index (χ4v) is 2.92. The van der Waals surface area contributed by atoms with E-state index in [9.17, 15) is 9.59 Å². The van der Waals surface area contributed by atoms with E-state index in [2.05, 4.69) is 5.32 Å². The number of hydrogen-bond donors (Lipinski definition) is 1. The van der Waals surface area contributed by atoms with Crippen molar-refractivity contribution in [1.82, 2.24) is 5.32 Å². The third kappa shape index (κ3) is 5.59. The lowest BCUT2D eigenvalue weighted by molar-refractivity contribution is -0.117. The average Bonchev–Trinajstić information content (AvgIpc) is 3.11. The number of ether oxygens (including phenoxy) is 1. The lowest BCUT2D eigenvalue weighted by Gasteiger charge is -2.15. The second kappa shape index (κ2) is 9.24. The molecule has 5 nitrogen and oxygen atoms in total. The molecule has 1 aliphatic rings. The Morgan fingerprint density at radius 1 is 1.15 bits per heavy atom. The van der Waals surface area contributed by atoms with Crippen LogP contribution in [0.4, 0.5) is 5.69 Å². The zero-order valence-electron chi connectivity index (χ0n) is 14.9. The zero-order valence-corrected chi connectivity index (χ0v) is 15.6. The van der Waals surface area contributed by atoms with Crippen molar-refractivity contribution in [2.75, 3.05) is 24.6 Å². The zero-order chi connectivity index (χ0) is 19.1. The Labute approximate surface area is 163 Å². The molecule has 0 atom stereocenters. The summed E-state index contributed by atoms with van der Waals surface area (Å²) in [5.41, 5.74) is 1.80. The topological polar surface area (TPSA) is 58.6 Å². The van der Waals surface area contributed by atoms with Gasteiger partial charge in [-0.2, -0.15) is 0 Å². The Bertz CT molecular complexity index is 816. The summed E-state index contributed by atoms with van der Waals surface area (Å²) in [5, 5.41) is 3.42. The van der Waals surface area contributed by atoms with Crippen molar-refractivity contribution in [3.05, 3.63) is 65.2 Å². The van der Waals surface area contributed by atoms with Crippen LogP contribution in [0.1, 0.15) is 18.4 Å². The minimum atomic E-state index is -0.187. The van der Waals surface area contributed by atoms with Crippen molar-refractivity contribution in [2.45, 2.75) is 12.8 Å². The lowest BCUT2D eigenvalue weighted by Crippen LogP contribution is -2.26. The summed E-state index contributed by atoms with van der Waals surface area (Å²) >= 11 is 5.81. The van der Waals surface area contributed by atoms with E-state index in [1.807, 2.05) is 24.3 Å². The Morgan fingerprint density at radius 3 is 2.56 bits per heavy atom. The maximum absolute atomic E-state index is 11.9. The molecule has 2 amide bonds. The van der Waals surface area contributed by atoms with Crippen molar-refractivity contribution in [1.29, 1.82) is 0 Å². The van der Waals surface area contributed by atoms with E-state index in [1.165, 1.54) is 6.08 Å². The normalized spacial score (nSPS) is 14.0. The van der Waals surface area contributed by atoms with Gasteiger partial charge in [0.2, 0.25) is 11.8 Å². The van der Waals surface area contributed by atoms with Crippen molar-refractivity contribution in [3.63, 3.8) is 0 Å². The van der Waals surface area contributed by atoms with Gasteiger partial charge in [-0.05, 0) is 54.5 Å². The molecule has 1 aliphatic heterocycles. The van der Waals surface area contributed by atoms with Crippen LogP contribution in [0.2, 0.25) is 5.02 Å². The first-order valence-electron chi connectivity index (χ1n) is 8.86. The van der Waals surface area contributed by atoms with Gasteiger partial charge in [-0.1, -0.05) is 23.7 Å². The molecule has 0 radical (unpaired) electrons. The van der Waals surface area contributed by atoms with Crippen LogP contribution in [0.15, 0.2) is 54.6 Å². The number of nitrogens with one attached hydrogen (secondary N) is 1. The van der Waals surface area contributed by atoms with Crippen LogP contribution in [0, 0.1) is 0 Å². The van der Waals surface area contributed by atoms with Crippen molar-refractivity contribution in [2.24, 2.45) is 0 Å². The largest absolute Gasteiger partial charge is 0.492 e. The molecule has 0 bridgehead atoms. The number of anilines is 1.